The van der Waals surface area contributed by atoms with Gasteiger partial charge >= 0.3 is 5.97 Å². The first-order valence-electron chi connectivity index (χ1n) is 4.64. The highest BCUT2D eigenvalue weighted by Gasteiger charge is 2.41. The van der Waals surface area contributed by atoms with Gasteiger partial charge in [-0.15, -0.1) is 0 Å². The summed E-state index contributed by atoms with van der Waals surface area (Å²) in [5.41, 5.74) is 3.86. The Kier molecular flexibility index (Phi) is 5.34. The van der Waals surface area contributed by atoms with E-state index in [0.29, 0.717) is 13.0 Å². The van der Waals surface area contributed by atoms with Gasteiger partial charge in [-0.2, -0.15) is 0 Å². The zero-order chi connectivity index (χ0) is 11.2. The number of nitrogens with one attached hydrogen (secondary N) is 1. The minimum absolute atomic E-state index is 0.283. The fraction of sp³-hybridized carbons (Fsp3) is 0.778. The number of carboxylic acid groups (broad SMARTS) is 1. The SMILES string of the molecule is CNC(CCCCN)(C(C)=O)C(=O)O. The second kappa shape index (κ2) is 5.72. The minimum Gasteiger partial charge on any atom is -0.480 e. The molecule has 0 rings (SSSR count). The summed E-state index contributed by atoms with van der Waals surface area (Å²) in [5, 5.41) is 11.6. The molecule has 0 radical (unpaired) electrons. The van der Waals surface area contributed by atoms with Crippen LogP contribution in [-0.4, -0.2) is 36.0 Å². The van der Waals surface area contributed by atoms with Gasteiger partial charge in [-0.3, -0.25) is 10.1 Å². The molecule has 0 fully saturated rings. The number of rotatable bonds is 7. The van der Waals surface area contributed by atoms with Gasteiger partial charge in [0.1, 0.15) is 0 Å². The highest BCUT2D eigenvalue weighted by molar-refractivity contribution is 6.06. The summed E-state index contributed by atoms with van der Waals surface area (Å²) in [7, 11) is 1.48. The van der Waals surface area contributed by atoms with Gasteiger partial charge in [0.05, 0.1) is 0 Å². The van der Waals surface area contributed by atoms with Crippen LogP contribution in [0.3, 0.4) is 0 Å². The third-order valence-corrected chi connectivity index (χ3v) is 2.40. The van der Waals surface area contributed by atoms with Crippen LogP contribution in [0.4, 0.5) is 0 Å². The molecular formula is C9H18N2O3. The third-order valence-electron chi connectivity index (χ3n) is 2.40. The number of Topliss-reactive ketones (excluding diaryl/α,β-unsaturated/α-hetero) is 1. The van der Waals surface area contributed by atoms with Crippen LogP contribution in [0, 0.1) is 0 Å². The molecule has 0 spiro atoms. The molecule has 14 heavy (non-hydrogen) atoms. The molecular weight excluding hydrogens is 184 g/mol. The maximum absolute atomic E-state index is 11.3. The van der Waals surface area contributed by atoms with Gasteiger partial charge < -0.3 is 10.8 Å². The van der Waals surface area contributed by atoms with Crippen molar-refractivity contribution in [3.05, 3.63) is 0 Å². The predicted molar refractivity (Wildman–Crippen MR) is 53.0 cm³/mol. The number of carbonyl (C=O) groups excluding carboxylic acids is 1. The zero-order valence-electron chi connectivity index (χ0n) is 8.67. The van der Waals surface area contributed by atoms with Crippen LogP contribution < -0.4 is 11.1 Å². The van der Waals surface area contributed by atoms with Crippen LogP contribution in [-0.2, 0) is 9.59 Å². The Labute approximate surface area is 83.7 Å². The van der Waals surface area contributed by atoms with Crippen molar-refractivity contribution < 1.29 is 14.7 Å². The second-order valence-corrected chi connectivity index (χ2v) is 3.26. The lowest BCUT2D eigenvalue weighted by Crippen LogP contribution is -2.55. The van der Waals surface area contributed by atoms with Gasteiger partial charge in [-0.1, -0.05) is 0 Å². The quantitative estimate of drug-likeness (QED) is 0.391. The number of nitrogens with two attached hydrogens (primary N) is 1. The molecule has 82 valence electrons. The summed E-state index contributed by atoms with van der Waals surface area (Å²) < 4.78 is 0. The molecule has 5 heteroatoms. The zero-order valence-corrected chi connectivity index (χ0v) is 8.67. The molecule has 4 N–H and O–H groups in total. The molecule has 0 amide bonds. The maximum atomic E-state index is 11.3. The number of hydrogen-bond donors (Lipinski definition) is 3. The van der Waals surface area contributed by atoms with Crippen LogP contribution >= 0.6 is 0 Å². The monoisotopic (exact) mass is 202 g/mol. The van der Waals surface area contributed by atoms with Crippen molar-refractivity contribution in [3.63, 3.8) is 0 Å². The minimum atomic E-state index is -1.44. The van der Waals surface area contributed by atoms with E-state index in [1.54, 1.807) is 0 Å². The Bertz CT molecular complexity index is 202. The molecule has 0 aromatic carbocycles. The first kappa shape index (κ1) is 13.1. The fourth-order valence-electron chi connectivity index (χ4n) is 1.38. The molecule has 0 saturated heterocycles. The molecule has 0 saturated carbocycles. The molecule has 1 unspecified atom stereocenters. The predicted octanol–water partition coefficient (Wildman–Crippen LogP) is -0.253. The highest BCUT2D eigenvalue weighted by atomic mass is 16.4. The molecule has 0 aliphatic carbocycles. The molecule has 0 bridgehead atoms. The lowest BCUT2D eigenvalue weighted by molar-refractivity contribution is -0.149. The number of hydrogen-bond acceptors (Lipinski definition) is 4. The molecule has 1 atom stereocenters. The normalized spacial score (nSPS) is 14.8. The summed E-state index contributed by atoms with van der Waals surface area (Å²) in [6.45, 7) is 1.80. The number of ketones is 1. The fourth-order valence-corrected chi connectivity index (χ4v) is 1.38. The molecule has 0 aliphatic heterocycles. The number of unbranched alkanes of at least 4 members (excludes halogenated alkanes) is 1. The second-order valence-electron chi connectivity index (χ2n) is 3.26. The number of carboxylic acids is 1. The molecule has 0 heterocycles. The Morgan fingerprint density at radius 3 is 2.29 bits per heavy atom. The molecule has 0 aliphatic rings. The summed E-state index contributed by atoms with van der Waals surface area (Å²) in [4.78, 5) is 22.2. The van der Waals surface area contributed by atoms with Crippen molar-refractivity contribution in [3.8, 4) is 0 Å². The average Bonchev–Trinajstić information content (AvgIpc) is 2.11. The summed E-state index contributed by atoms with van der Waals surface area (Å²) in [5.74, 6) is -1.49. The van der Waals surface area contributed by atoms with Gasteiger partial charge in [-0.25, -0.2) is 4.79 Å². The lowest BCUT2D eigenvalue weighted by atomic mass is 9.89. The first-order valence-corrected chi connectivity index (χ1v) is 4.64. The van der Waals surface area contributed by atoms with Crippen LogP contribution in [0.1, 0.15) is 26.2 Å². The maximum Gasteiger partial charge on any atom is 0.331 e. The summed E-state index contributed by atoms with van der Waals surface area (Å²) >= 11 is 0. The van der Waals surface area contributed by atoms with E-state index in [2.05, 4.69) is 5.32 Å². The van der Waals surface area contributed by atoms with Crippen molar-refractivity contribution in [2.24, 2.45) is 5.73 Å². The number of likely N-dealkylation sites (N-methyl/N-ethyl adjacent to an activating group) is 1. The van der Waals surface area contributed by atoms with E-state index < -0.39 is 11.5 Å². The number of carbonyl (C=O) groups is 2. The van der Waals surface area contributed by atoms with E-state index >= 15 is 0 Å². The third kappa shape index (κ3) is 2.78. The molecule has 0 aromatic heterocycles. The smallest absolute Gasteiger partial charge is 0.331 e. The van der Waals surface area contributed by atoms with Crippen LogP contribution in [0.15, 0.2) is 0 Å². The summed E-state index contributed by atoms with van der Waals surface area (Å²) in [6.07, 6.45) is 1.64. The Morgan fingerprint density at radius 2 is 2.00 bits per heavy atom. The van der Waals surface area contributed by atoms with Crippen molar-refractivity contribution in [2.75, 3.05) is 13.6 Å². The Morgan fingerprint density at radius 1 is 1.43 bits per heavy atom. The Hall–Kier alpha value is -0.940. The number of aliphatic carboxylic acids is 1. The van der Waals surface area contributed by atoms with Crippen molar-refractivity contribution in [2.45, 2.75) is 31.7 Å². The van der Waals surface area contributed by atoms with Crippen molar-refractivity contribution >= 4 is 11.8 Å². The first-order chi connectivity index (χ1) is 6.51. The highest BCUT2D eigenvalue weighted by Crippen LogP contribution is 2.15. The van der Waals surface area contributed by atoms with E-state index in [-0.39, 0.29) is 12.2 Å². The topological polar surface area (TPSA) is 92.4 Å². The van der Waals surface area contributed by atoms with Gasteiger partial charge in [0.15, 0.2) is 11.3 Å². The van der Waals surface area contributed by atoms with Crippen molar-refractivity contribution in [1.82, 2.24) is 5.32 Å². The van der Waals surface area contributed by atoms with Gasteiger partial charge in [0.25, 0.3) is 0 Å². The largest absolute Gasteiger partial charge is 0.480 e. The van der Waals surface area contributed by atoms with Crippen LogP contribution in [0.2, 0.25) is 0 Å². The van der Waals surface area contributed by atoms with E-state index in [4.69, 9.17) is 10.8 Å². The van der Waals surface area contributed by atoms with Crippen LogP contribution in [0.25, 0.3) is 0 Å². The molecule has 5 nitrogen and oxygen atoms in total. The lowest BCUT2D eigenvalue weighted by Gasteiger charge is -2.25. The van der Waals surface area contributed by atoms with E-state index in [1.165, 1.54) is 14.0 Å². The van der Waals surface area contributed by atoms with Gasteiger partial charge in [-0.05, 0) is 39.8 Å². The van der Waals surface area contributed by atoms with Crippen LogP contribution in [0.5, 0.6) is 0 Å². The van der Waals surface area contributed by atoms with E-state index in [9.17, 15) is 9.59 Å². The molecule has 0 aromatic rings. The summed E-state index contributed by atoms with van der Waals surface area (Å²) in [6, 6.07) is 0. The standard InChI is InChI=1S/C9H18N2O3/c1-7(12)9(11-2,8(13)14)5-3-4-6-10/h11H,3-6,10H2,1-2H3,(H,13,14). The van der Waals surface area contributed by atoms with Gasteiger partial charge in [0.2, 0.25) is 0 Å². The van der Waals surface area contributed by atoms with Gasteiger partial charge in [0, 0.05) is 0 Å². The van der Waals surface area contributed by atoms with E-state index in [1.807, 2.05) is 0 Å². The average molecular weight is 202 g/mol. The van der Waals surface area contributed by atoms with Crippen molar-refractivity contribution in [1.29, 1.82) is 0 Å². The Balaban J connectivity index is 4.52. The van der Waals surface area contributed by atoms with E-state index in [0.717, 1.165) is 6.42 Å².